The smallest absolute Gasteiger partial charge is 0.338 e. The van der Waals surface area contributed by atoms with Crippen molar-refractivity contribution in [3.05, 3.63) is 47.0 Å². The lowest BCUT2D eigenvalue weighted by atomic mass is 9.44. The fourth-order valence-corrected chi connectivity index (χ4v) is 12.0. The first-order valence-corrected chi connectivity index (χ1v) is 19.5. The van der Waals surface area contributed by atoms with Crippen LogP contribution in [0.4, 0.5) is 0 Å². The molecule has 1 heterocycles. The summed E-state index contributed by atoms with van der Waals surface area (Å²) in [5.74, 6) is -2.74. The van der Waals surface area contributed by atoms with Crippen molar-refractivity contribution in [3.63, 3.8) is 0 Å². The average Bonchev–Trinajstić information content (AvgIpc) is 3.03. The number of aliphatic hydroxyl groups is 2. The van der Waals surface area contributed by atoms with Gasteiger partial charge in [0.1, 0.15) is 23.9 Å². The van der Waals surface area contributed by atoms with E-state index < -0.39 is 78.7 Å². The molecule has 2 saturated carbocycles. The second-order valence-electron chi connectivity index (χ2n) is 14.7. The summed E-state index contributed by atoms with van der Waals surface area (Å²) in [5, 5.41) is 25.0. The van der Waals surface area contributed by atoms with E-state index in [1.54, 1.807) is 44.2 Å². The number of Topliss-reactive ketones (excluding diaryl/α,β-unsaturated/α-hetero) is 1. The largest absolute Gasteiger partial charge is 0.455 e. The van der Waals surface area contributed by atoms with Crippen molar-refractivity contribution in [2.75, 3.05) is 13.7 Å². The van der Waals surface area contributed by atoms with Gasteiger partial charge in [-0.05, 0) is 55.3 Å². The Morgan fingerprint density at radius 1 is 1.06 bits per heavy atom. The molecule has 260 valence electrons. The molecule has 47 heavy (non-hydrogen) atoms. The zero-order valence-electron chi connectivity index (χ0n) is 29.3. The third-order valence-electron chi connectivity index (χ3n) is 12.5. The van der Waals surface area contributed by atoms with Gasteiger partial charge >= 0.3 is 11.9 Å². The van der Waals surface area contributed by atoms with Crippen LogP contribution in [0.2, 0.25) is 18.1 Å². The van der Waals surface area contributed by atoms with Gasteiger partial charge in [-0.25, -0.2) is 4.79 Å². The molecule has 2 bridgehead atoms. The van der Waals surface area contributed by atoms with Gasteiger partial charge in [-0.2, -0.15) is 0 Å². The Balaban J connectivity index is 1.86. The Bertz CT molecular complexity index is 1410. The minimum absolute atomic E-state index is 0.0650. The number of aliphatic hydroxyl groups excluding tert-OH is 1. The third kappa shape index (κ3) is 5.18. The standard InChI is InChI=1S/C36H52O10Si/c1-10-47(11-2,12-3)46-28-27-21(4)24(38)19-36(41,33(27,6)7)31(44-32(40)23-16-14-13-15-17-23)29-34(8,30(28)39)25(42-9)18-26-35(29,20-43-26)45-22(5)37/h13-17,24-26,28-29,31,38,41H,10-12,18-20H2,1-9H3/t24-,25-,26+,28+,29-,31-,34+,35-,36+/m0/s1. The summed E-state index contributed by atoms with van der Waals surface area (Å²) < 4.78 is 31.9. The maximum Gasteiger partial charge on any atom is 0.338 e. The summed E-state index contributed by atoms with van der Waals surface area (Å²) in [6, 6.07) is 10.7. The summed E-state index contributed by atoms with van der Waals surface area (Å²) in [6.07, 6.45) is -5.14. The van der Waals surface area contributed by atoms with E-state index in [-0.39, 0.29) is 30.8 Å². The summed E-state index contributed by atoms with van der Waals surface area (Å²) >= 11 is 0. The highest BCUT2D eigenvalue weighted by molar-refractivity contribution is 6.73. The lowest BCUT2D eigenvalue weighted by Gasteiger charge is -2.68. The second-order valence-corrected chi connectivity index (χ2v) is 19.5. The Labute approximate surface area is 279 Å². The number of methoxy groups -OCH3 is 1. The predicted octanol–water partition coefficient (Wildman–Crippen LogP) is 4.77. The van der Waals surface area contributed by atoms with Crippen molar-refractivity contribution in [2.24, 2.45) is 16.7 Å². The fraction of sp³-hybridized carbons (Fsp3) is 0.694. The van der Waals surface area contributed by atoms with Gasteiger partial charge in [0.25, 0.3) is 0 Å². The topological polar surface area (TPSA) is 138 Å². The molecule has 11 heteroatoms. The number of ketones is 1. The van der Waals surface area contributed by atoms with Crippen LogP contribution in [0.5, 0.6) is 0 Å². The number of ether oxygens (including phenoxy) is 4. The molecule has 4 aliphatic rings. The van der Waals surface area contributed by atoms with Crippen LogP contribution in [-0.4, -0.2) is 91.7 Å². The lowest BCUT2D eigenvalue weighted by molar-refractivity contribution is -0.347. The second kappa shape index (κ2) is 12.5. The predicted molar refractivity (Wildman–Crippen MR) is 176 cm³/mol. The van der Waals surface area contributed by atoms with Crippen LogP contribution in [0, 0.1) is 16.7 Å². The molecule has 2 N–H and O–H groups in total. The Morgan fingerprint density at radius 2 is 1.68 bits per heavy atom. The maximum absolute atomic E-state index is 15.7. The number of carbonyl (C=O) groups is 3. The summed E-state index contributed by atoms with van der Waals surface area (Å²) in [6.45, 7) is 14.7. The molecule has 0 aromatic heterocycles. The van der Waals surface area contributed by atoms with Crippen LogP contribution in [0.1, 0.15) is 78.6 Å². The van der Waals surface area contributed by atoms with Gasteiger partial charge in [0.15, 0.2) is 19.7 Å². The minimum Gasteiger partial charge on any atom is -0.455 e. The van der Waals surface area contributed by atoms with Crippen molar-refractivity contribution in [1.29, 1.82) is 0 Å². The van der Waals surface area contributed by atoms with Gasteiger partial charge in [-0.3, -0.25) is 9.59 Å². The van der Waals surface area contributed by atoms with Gasteiger partial charge in [-0.1, -0.05) is 52.8 Å². The molecule has 0 spiro atoms. The highest BCUT2D eigenvalue weighted by Crippen LogP contribution is 2.64. The molecule has 0 unspecified atom stereocenters. The van der Waals surface area contributed by atoms with E-state index in [0.717, 1.165) is 18.1 Å². The number of carbonyl (C=O) groups excluding carboxylic acids is 3. The molecule has 9 atom stereocenters. The van der Waals surface area contributed by atoms with Crippen LogP contribution < -0.4 is 0 Å². The van der Waals surface area contributed by atoms with Gasteiger partial charge in [0.05, 0.1) is 35.7 Å². The first-order chi connectivity index (χ1) is 22.0. The van der Waals surface area contributed by atoms with E-state index in [4.69, 9.17) is 23.4 Å². The Morgan fingerprint density at radius 3 is 2.19 bits per heavy atom. The number of hydrogen-bond donors (Lipinski definition) is 2. The van der Waals surface area contributed by atoms with Crippen molar-refractivity contribution >= 4 is 26.0 Å². The molecule has 1 aromatic carbocycles. The quantitative estimate of drug-likeness (QED) is 0.215. The molecule has 1 aliphatic heterocycles. The SMILES string of the molecule is CC[Si](CC)(CC)O[C@H]1C(=O)[C@]2(C)[C@@H](OC)C[C@H]3OC[C@@]3(OC(C)=O)[C@H]2[C@H](OC(=O)c2ccccc2)[C@]2(O)C[C@H](O)C(C)=C1C2(C)C. The highest BCUT2D eigenvalue weighted by atomic mass is 28.4. The van der Waals surface area contributed by atoms with Crippen LogP contribution in [0.3, 0.4) is 0 Å². The normalized spacial score (nSPS) is 37.9. The van der Waals surface area contributed by atoms with Crippen molar-refractivity contribution in [3.8, 4) is 0 Å². The molecule has 3 fully saturated rings. The molecule has 1 aromatic rings. The zero-order chi connectivity index (χ0) is 34.7. The lowest BCUT2D eigenvalue weighted by Crippen LogP contribution is -2.82. The van der Waals surface area contributed by atoms with Crippen LogP contribution >= 0.6 is 0 Å². The Hall–Kier alpha value is -2.41. The zero-order valence-corrected chi connectivity index (χ0v) is 30.3. The molecule has 3 aliphatic carbocycles. The monoisotopic (exact) mass is 672 g/mol. The summed E-state index contributed by atoms with van der Waals surface area (Å²) in [4.78, 5) is 42.6. The molecule has 0 radical (unpaired) electrons. The van der Waals surface area contributed by atoms with E-state index in [2.05, 4.69) is 20.8 Å². The van der Waals surface area contributed by atoms with Gasteiger partial charge in [0.2, 0.25) is 0 Å². The first-order valence-electron chi connectivity index (χ1n) is 17.0. The first kappa shape index (κ1) is 35.9. The molecule has 0 amide bonds. The molecular formula is C36H52O10Si. The van der Waals surface area contributed by atoms with Gasteiger partial charge in [-0.15, -0.1) is 0 Å². The van der Waals surface area contributed by atoms with E-state index in [9.17, 15) is 19.8 Å². The number of fused-ring (bicyclic) bond motifs is 5. The van der Waals surface area contributed by atoms with E-state index in [1.807, 2.05) is 13.8 Å². The van der Waals surface area contributed by atoms with Crippen molar-refractivity contribution in [2.45, 2.75) is 128 Å². The molecular weight excluding hydrogens is 620 g/mol. The van der Waals surface area contributed by atoms with E-state index in [1.165, 1.54) is 14.0 Å². The number of benzene rings is 1. The maximum atomic E-state index is 15.7. The van der Waals surface area contributed by atoms with Gasteiger partial charge in [0, 0.05) is 32.3 Å². The van der Waals surface area contributed by atoms with Crippen LogP contribution in [0.25, 0.3) is 0 Å². The molecule has 1 saturated heterocycles. The number of hydrogen-bond acceptors (Lipinski definition) is 10. The van der Waals surface area contributed by atoms with Gasteiger partial charge < -0.3 is 33.6 Å². The summed E-state index contributed by atoms with van der Waals surface area (Å²) in [5.41, 5.74) is -4.81. The van der Waals surface area contributed by atoms with Crippen LogP contribution in [-0.2, 0) is 33.0 Å². The van der Waals surface area contributed by atoms with Crippen molar-refractivity contribution in [1.82, 2.24) is 0 Å². The molecule has 10 nitrogen and oxygen atoms in total. The van der Waals surface area contributed by atoms with E-state index in [0.29, 0.717) is 11.1 Å². The van der Waals surface area contributed by atoms with E-state index >= 15 is 4.79 Å². The minimum atomic E-state index is -2.50. The Kier molecular flexibility index (Phi) is 9.53. The van der Waals surface area contributed by atoms with Crippen molar-refractivity contribution < 1.29 is 48.0 Å². The highest BCUT2D eigenvalue weighted by Gasteiger charge is 2.78. The average molecular weight is 673 g/mol. The fourth-order valence-electron chi connectivity index (χ4n) is 9.31. The number of esters is 2. The molecule has 5 rings (SSSR count). The number of rotatable bonds is 9. The third-order valence-corrected chi connectivity index (χ3v) is 17.1. The van der Waals surface area contributed by atoms with Crippen LogP contribution in [0.15, 0.2) is 41.5 Å². The summed E-state index contributed by atoms with van der Waals surface area (Å²) in [7, 11) is -0.983.